The number of unbranched alkanes of at least 4 members (excludes halogenated alkanes) is 4. The maximum atomic E-state index is 5.95. The molecule has 2 N–H and O–H groups in total. The zero-order valence-corrected chi connectivity index (χ0v) is 13.6. The lowest BCUT2D eigenvalue weighted by Gasteiger charge is -2.27. The van der Waals surface area contributed by atoms with E-state index in [1.165, 1.54) is 49.7 Å². The zero-order chi connectivity index (χ0) is 14.8. The van der Waals surface area contributed by atoms with Crippen molar-refractivity contribution in [2.75, 3.05) is 13.6 Å². The molecule has 0 saturated heterocycles. The fraction of sp³-hybridized carbons (Fsp3) is 0.667. The Bertz CT molecular complexity index is 345. The molecule has 20 heavy (non-hydrogen) atoms. The second kappa shape index (κ2) is 9.95. The molecule has 2 heteroatoms. The van der Waals surface area contributed by atoms with Crippen molar-refractivity contribution in [3.05, 3.63) is 35.4 Å². The van der Waals surface area contributed by atoms with Gasteiger partial charge >= 0.3 is 0 Å². The van der Waals surface area contributed by atoms with E-state index < -0.39 is 0 Å². The Morgan fingerprint density at radius 1 is 1.05 bits per heavy atom. The van der Waals surface area contributed by atoms with Gasteiger partial charge in [-0.2, -0.15) is 0 Å². The van der Waals surface area contributed by atoms with E-state index in [-0.39, 0.29) is 0 Å². The largest absolute Gasteiger partial charge is 0.329 e. The highest BCUT2D eigenvalue weighted by Gasteiger charge is 2.12. The second-order valence-electron chi connectivity index (χ2n) is 5.99. The van der Waals surface area contributed by atoms with E-state index in [1.54, 1.807) is 0 Å². The Kier molecular flexibility index (Phi) is 8.56. The zero-order valence-electron chi connectivity index (χ0n) is 13.6. The van der Waals surface area contributed by atoms with Crippen molar-refractivity contribution in [1.82, 2.24) is 4.90 Å². The average Bonchev–Trinajstić information content (AvgIpc) is 2.45. The molecule has 114 valence electrons. The van der Waals surface area contributed by atoms with E-state index in [2.05, 4.69) is 50.1 Å². The van der Waals surface area contributed by atoms with Crippen molar-refractivity contribution >= 4 is 0 Å². The fourth-order valence-electron chi connectivity index (χ4n) is 2.61. The van der Waals surface area contributed by atoms with Crippen molar-refractivity contribution < 1.29 is 0 Å². The van der Waals surface area contributed by atoms with Crippen LogP contribution in [0.2, 0.25) is 0 Å². The third-order valence-corrected chi connectivity index (χ3v) is 4.09. The molecule has 1 aromatic carbocycles. The molecule has 0 aromatic heterocycles. The van der Waals surface area contributed by atoms with E-state index in [1.807, 2.05) is 0 Å². The first kappa shape index (κ1) is 17.2. The maximum absolute atomic E-state index is 5.95. The molecule has 1 atom stereocenters. The molecule has 0 saturated carbocycles. The van der Waals surface area contributed by atoms with Crippen LogP contribution in [-0.4, -0.2) is 24.5 Å². The summed E-state index contributed by atoms with van der Waals surface area (Å²) in [5.41, 5.74) is 8.65. The number of nitrogens with two attached hydrogens (primary N) is 1. The average molecular weight is 276 g/mol. The molecule has 0 fully saturated rings. The van der Waals surface area contributed by atoms with Gasteiger partial charge in [0.25, 0.3) is 0 Å². The summed E-state index contributed by atoms with van der Waals surface area (Å²) in [6.07, 6.45) is 7.93. The Morgan fingerprint density at radius 3 is 2.30 bits per heavy atom. The highest BCUT2D eigenvalue weighted by molar-refractivity contribution is 5.21. The number of benzene rings is 1. The van der Waals surface area contributed by atoms with Gasteiger partial charge in [0.2, 0.25) is 0 Å². The van der Waals surface area contributed by atoms with E-state index in [9.17, 15) is 0 Å². The van der Waals surface area contributed by atoms with Gasteiger partial charge in [-0.1, -0.05) is 68.9 Å². The van der Waals surface area contributed by atoms with Crippen molar-refractivity contribution in [3.63, 3.8) is 0 Å². The Hall–Kier alpha value is -0.860. The molecule has 0 aliphatic carbocycles. The predicted molar refractivity (Wildman–Crippen MR) is 88.9 cm³/mol. The van der Waals surface area contributed by atoms with Gasteiger partial charge in [-0.3, -0.25) is 4.90 Å². The maximum Gasteiger partial charge on any atom is 0.0234 e. The van der Waals surface area contributed by atoms with Crippen LogP contribution < -0.4 is 5.73 Å². The summed E-state index contributed by atoms with van der Waals surface area (Å²) < 4.78 is 0. The van der Waals surface area contributed by atoms with Crippen LogP contribution in [-0.2, 0) is 6.54 Å². The number of hydrogen-bond donors (Lipinski definition) is 1. The summed E-state index contributed by atoms with van der Waals surface area (Å²) in [6.45, 7) is 6.15. The quantitative estimate of drug-likeness (QED) is 0.651. The van der Waals surface area contributed by atoms with Crippen LogP contribution in [0.5, 0.6) is 0 Å². The van der Waals surface area contributed by atoms with Crippen LogP contribution in [0.4, 0.5) is 0 Å². The van der Waals surface area contributed by atoms with E-state index in [4.69, 9.17) is 5.73 Å². The topological polar surface area (TPSA) is 29.3 Å². The van der Waals surface area contributed by atoms with Gasteiger partial charge in [0.05, 0.1) is 0 Å². The van der Waals surface area contributed by atoms with Gasteiger partial charge in [-0.15, -0.1) is 0 Å². The number of nitrogens with zero attached hydrogens (tertiary/aromatic N) is 1. The fourth-order valence-corrected chi connectivity index (χ4v) is 2.61. The van der Waals surface area contributed by atoms with Crippen molar-refractivity contribution in [2.45, 2.75) is 65.0 Å². The molecule has 2 nitrogen and oxygen atoms in total. The number of rotatable bonds is 10. The SMILES string of the molecule is CCCCCCCC(CN)N(C)Cc1ccc(C)cc1. The summed E-state index contributed by atoms with van der Waals surface area (Å²) in [4.78, 5) is 2.41. The van der Waals surface area contributed by atoms with E-state index in [0.29, 0.717) is 6.04 Å². The highest BCUT2D eigenvalue weighted by atomic mass is 15.1. The first-order valence-corrected chi connectivity index (χ1v) is 8.13. The normalized spacial score (nSPS) is 12.8. The van der Waals surface area contributed by atoms with Crippen LogP contribution >= 0.6 is 0 Å². The lowest BCUT2D eigenvalue weighted by atomic mass is 10.0. The number of hydrogen-bond acceptors (Lipinski definition) is 2. The van der Waals surface area contributed by atoms with Crippen LogP contribution in [0.15, 0.2) is 24.3 Å². The molecule has 1 aromatic rings. The summed E-state index contributed by atoms with van der Waals surface area (Å²) >= 11 is 0. The predicted octanol–water partition coefficient (Wildman–Crippen LogP) is 4.11. The molecule has 0 spiro atoms. The molecule has 0 amide bonds. The van der Waals surface area contributed by atoms with Crippen LogP contribution in [0.3, 0.4) is 0 Å². The third-order valence-electron chi connectivity index (χ3n) is 4.09. The molecule has 0 aliphatic heterocycles. The van der Waals surface area contributed by atoms with Gasteiger partial charge in [0.15, 0.2) is 0 Å². The highest BCUT2D eigenvalue weighted by Crippen LogP contribution is 2.13. The lowest BCUT2D eigenvalue weighted by Crippen LogP contribution is -2.37. The van der Waals surface area contributed by atoms with Gasteiger partial charge < -0.3 is 5.73 Å². The Labute approximate surface area is 125 Å². The minimum atomic E-state index is 0.512. The van der Waals surface area contributed by atoms with E-state index >= 15 is 0 Å². The van der Waals surface area contributed by atoms with Crippen LogP contribution in [0.1, 0.15) is 56.6 Å². The molecule has 0 heterocycles. The smallest absolute Gasteiger partial charge is 0.0234 e. The Balaban J connectivity index is 2.34. The van der Waals surface area contributed by atoms with Gasteiger partial charge in [-0.05, 0) is 26.0 Å². The van der Waals surface area contributed by atoms with Crippen molar-refractivity contribution in [2.24, 2.45) is 5.73 Å². The summed E-state index contributed by atoms with van der Waals surface area (Å²) in [5, 5.41) is 0. The first-order valence-electron chi connectivity index (χ1n) is 8.13. The number of aryl methyl sites for hydroxylation is 1. The van der Waals surface area contributed by atoms with Gasteiger partial charge in [-0.25, -0.2) is 0 Å². The summed E-state index contributed by atoms with van der Waals surface area (Å²) in [5.74, 6) is 0. The Morgan fingerprint density at radius 2 is 1.70 bits per heavy atom. The lowest BCUT2D eigenvalue weighted by molar-refractivity contribution is 0.222. The minimum Gasteiger partial charge on any atom is -0.329 e. The molecule has 0 aliphatic rings. The van der Waals surface area contributed by atoms with Gasteiger partial charge in [0.1, 0.15) is 0 Å². The number of likely N-dealkylation sites (N-methyl/N-ethyl adjacent to an activating group) is 1. The molecule has 1 rings (SSSR count). The first-order chi connectivity index (χ1) is 9.67. The third kappa shape index (κ3) is 6.53. The van der Waals surface area contributed by atoms with Crippen molar-refractivity contribution in [1.29, 1.82) is 0 Å². The molecular weight excluding hydrogens is 244 g/mol. The summed E-state index contributed by atoms with van der Waals surface area (Å²) in [7, 11) is 2.20. The molecular formula is C18H32N2. The molecule has 1 unspecified atom stereocenters. The monoisotopic (exact) mass is 276 g/mol. The van der Waals surface area contributed by atoms with Crippen LogP contribution in [0, 0.1) is 6.92 Å². The summed E-state index contributed by atoms with van der Waals surface area (Å²) in [6, 6.07) is 9.33. The minimum absolute atomic E-state index is 0.512. The molecule has 0 radical (unpaired) electrons. The van der Waals surface area contributed by atoms with Crippen LogP contribution in [0.25, 0.3) is 0 Å². The molecule has 0 bridgehead atoms. The van der Waals surface area contributed by atoms with E-state index in [0.717, 1.165) is 13.1 Å². The van der Waals surface area contributed by atoms with Crippen molar-refractivity contribution in [3.8, 4) is 0 Å². The van der Waals surface area contributed by atoms with Gasteiger partial charge in [0, 0.05) is 19.1 Å². The standard InChI is InChI=1S/C18H32N2/c1-4-5-6-7-8-9-18(14-19)20(3)15-17-12-10-16(2)11-13-17/h10-13,18H,4-9,14-15,19H2,1-3H3. The second-order valence-corrected chi connectivity index (χ2v) is 5.99.